The summed E-state index contributed by atoms with van der Waals surface area (Å²) < 4.78 is 66.8. The summed E-state index contributed by atoms with van der Waals surface area (Å²) >= 11 is 4.41. The second-order valence-corrected chi connectivity index (χ2v) is 18.8. The van der Waals surface area contributed by atoms with Crippen LogP contribution in [0.25, 0.3) is 0 Å². The predicted octanol–water partition coefficient (Wildman–Crippen LogP) is 10.9. The molecule has 1 aliphatic rings. The Hall–Kier alpha value is -3.86. The zero-order valence-corrected chi connectivity index (χ0v) is 35.9. The summed E-state index contributed by atoms with van der Waals surface area (Å²) in [5.41, 5.74) is -4.69. The first-order chi connectivity index (χ1) is 24.9. The third-order valence-corrected chi connectivity index (χ3v) is 8.55. The number of carbonyl (C=O) groups is 4. The third kappa shape index (κ3) is 14.0. The maximum Gasteiger partial charge on any atom is 0.419 e. The summed E-state index contributed by atoms with van der Waals surface area (Å²) in [7, 11) is 0. The molecule has 1 N–H and O–H groups in total. The topological polar surface area (TPSA) is 127 Å². The van der Waals surface area contributed by atoms with Crippen molar-refractivity contribution in [1.82, 2.24) is 10.2 Å². The van der Waals surface area contributed by atoms with E-state index in [0.717, 1.165) is 28.8 Å². The van der Waals surface area contributed by atoms with Crippen LogP contribution in [0.5, 0.6) is 0 Å². The quantitative estimate of drug-likeness (QED) is 0.258. The van der Waals surface area contributed by atoms with Gasteiger partial charge in [-0.25, -0.2) is 24.1 Å². The molecule has 0 bridgehead atoms. The minimum atomic E-state index is -4.84. The molecular weight excluding hydrogens is 809 g/mol. The monoisotopic (exact) mass is 860 g/mol. The number of hydrogen-bond acceptors (Lipinski definition) is 9. The fourth-order valence-corrected chi connectivity index (χ4v) is 6.71. The van der Waals surface area contributed by atoms with Gasteiger partial charge in [0.15, 0.2) is 0 Å². The van der Waals surface area contributed by atoms with Crippen molar-refractivity contribution in [2.24, 2.45) is 0 Å². The minimum absolute atomic E-state index is 0.0112. The van der Waals surface area contributed by atoms with Gasteiger partial charge in [-0.3, -0.25) is 4.90 Å². The molecule has 55 heavy (non-hydrogen) atoms. The van der Waals surface area contributed by atoms with E-state index in [-0.39, 0.29) is 48.9 Å². The number of anilines is 3. The van der Waals surface area contributed by atoms with Crippen LogP contribution in [-0.4, -0.2) is 77.9 Å². The molecule has 306 valence electrons. The number of hydrogen-bond donors (Lipinski definition) is 1. The molecule has 3 rings (SSSR count). The van der Waals surface area contributed by atoms with E-state index in [2.05, 4.69) is 21.2 Å². The van der Waals surface area contributed by atoms with Crippen molar-refractivity contribution in [3.05, 3.63) is 40.4 Å². The van der Waals surface area contributed by atoms with Crippen molar-refractivity contribution in [3.63, 3.8) is 0 Å². The van der Waals surface area contributed by atoms with Gasteiger partial charge in [0, 0.05) is 40.4 Å². The molecule has 2 aromatic rings. The molecule has 0 radical (unpaired) electrons. The standard InChI is InChI=1S/C38H52BrF3N4O8S/c1-34(2,3)51-30(47)43-16-19-44(31(48)52-35(4,5)6)17-13-18-45(32(49)53-36(7,8)9)26-20-23(38(40,41)42)21-28-29(26)46(33(50)54-37(10,11)12)25-15-14-24(39)22-27(25)55-28/h14-15,20-22H,13,16-19H2,1-12H3,(H,43,47). The number of nitrogens with zero attached hydrogens (tertiary/aromatic N) is 3. The third-order valence-electron chi connectivity index (χ3n) is 6.98. The highest BCUT2D eigenvalue weighted by molar-refractivity contribution is 9.10. The van der Waals surface area contributed by atoms with Gasteiger partial charge in [0.2, 0.25) is 0 Å². The van der Waals surface area contributed by atoms with Crippen molar-refractivity contribution in [3.8, 4) is 0 Å². The van der Waals surface area contributed by atoms with Crippen LogP contribution in [0, 0.1) is 0 Å². The average Bonchev–Trinajstić information content (AvgIpc) is 2.96. The highest BCUT2D eigenvalue weighted by atomic mass is 79.9. The van der Waals surface area contributed by atoms with Gasteiger partial charge in [-0.1, -0.05) is 27.7 Å². The Kier molecular flexibility index (Phi) is 14.2. The highest BCUT2D eigenvalue weighted by Crippen LogP contribution is 2.54. The molecule has 2 aromatic carbocycles. The number of alkyl carbamates (subject to hydrolysis) is 1. The lowest BCUT2D eigenvalue weighted by atomic mass is 10.1. The maximum absolute atomic E-state index is 14.6. The Labute approximate surface area is 333 Å². The number of nitrogens with one attached hydrogen (secondary N) is 1. The molecule has 0 saturated heterocycles. The zero-order valence-electron chi connectivity index (χ0n) is 33.5. The second kappa shape index (κ2) is 17.1. The van der Waals surface area contributed by atoms with Crippen LogP contribution in [0.4, 0.5) is 49.4 Å². The van der Waals surface area contributed by atoms with Crippen LogP contribution in [0.3, 0.4) is 0 Å². The zero-order chi connectivity index (χ0) is 41.9. The number of benzene rings is 2. The van der Waals surface area contributed by atoms with E-state index < -0.39 is 58.5 Å². The molecule has 1 heterocycles. The molecule has 0 fully saturated rings. The highest BCUT2D eigenvalue weighted by Gasteiger charge is 2.41. The van der Waals surface area contributed by atoms with Crippen LogP contribution < -0.4 is 15.1 Å². The fourth-order valence-electron chi connectivity index (χ4n) is 5.03. The summed E-state index contributed by atoms with van der Waals surface area (Å²) in [6, 6.07) is 6.72. The van der Waals surface area contributed by atoms with E-state index in [1.807, 2.05) is 0 Å². The van der Waals surface area contributed by atoms with Gasteiger partial charge in [-0.15, -0.1) is 0 Å². The first-order valence-corrected chi connectivity index (χ1v) is 19.3. The van der Waals surface area contributed by atoms with Crippen molar-refractivity contribution in [2.45, 2.75) is 128 Å². The van der Waals surface area contributed by atoms with Crippen LogP contribution in [0.15, 0.2) is 44.6 Å². The van der Waals surface area contributed by atoms with Gasteiger partial charge in [-0.05, 0) is 120 Å². The van der Waals surface area contributed by atoms with Crippen molar-refractivity contribution in [1.29, 1.82) is 0 Å². The first kappa shape index (κ1) is 45.5. The van der Waals surface area contributed by atoms with Crippen LogP contribution in [0.2, 0.25) is 0 Å². The van der Waals surface area contributed by atoms with Gasteiger partial charge in [-0.2, -0.15) is 13.2 Å². The van der Waals surface area contributed by atoms with Gasteiger partial charge < -0.3 is 29.2 Å². The average molecular weight is 862 g/mol. The smallest absolute Gasteiger partial charge is 0.419 e. The minimum Gasteiger partial charge on any atom is -0.444 e. The van der Waals surface area contributed by atoms with E-state index in [4.69, 9.17) is 18.9 Å². The van der Waals surface area contributed by atoms with E-state index in [1.165, 1.54) is 9.80 Å². The summed E-state index contributed by atoms with van der Waals surface area (Å²) in [6.45, 7) is 19.7. The molecule has 17 heteroatoms. The molecule has 0 unspecified atom stereocenters. The van der Waals surface area contributed by atoms with E-state index >= 15 is 0 Å². The molecule has 0 aliphatic carbocycles. The van der Waals surface area contributed by atoms with E-state index in [1.54, 1.807) is 101 Å². The molecule has 12 nitrogen and oxygen atoms in total. The lowest BCUT2D eigenvalue weighted by molar-refractivity contribution is -0.137. The summed E-state index contributed by atoms with van der Waals surface area (Å²) in [5.74, 6) is 0. The van der Waals surface area contributed by atoms with Crippen molar-refractivity contribution >= 4 is 69.1 Å². The van der Waals surface area contributed by atoms with Crippen molar-refractivity contribution < 1.29 is 51.3 Å². The number of alkyl halides is 3. The molecular formula is C38H52BrF3N4O8S. The van der Waals surface area contributed by atoms with Gasteiger partial charge in [0.25, 0.3) is 0 Å². The fraction of sp³-hybridized carbons (Fsp3) is 0.579. The van der Waals surface area contributed by atoms with Gasteiger partial charge in [0.05, 0.1) is 22.6 Å². The van der Waals surface area contributed by atoms with E-state index in [0.29, 0.717) is 15.1 Å². The second-order valence-electron chi connectivity index (χ2n) is 16.8. The van der Waals surface area contributed by atoms with Crippen molar-refractivity contribution in [2.75, 3.05) is 36.0 Å². The number of amides is 4. The Morgan fingerprint density at radius 1 is 0.727 bits per heavy atom. The number of ether oxygens (including phenoxy) is 4. The van der Waals surface area contributed by atoms with Gasteiger partial charge in [0.1, 0.15) is 22.4 Å². The number of fused-ring (bicyclic) bond motifs is 2. The Bertz CT molecular complexity index is 1750. The maximum atomic E-state index is 14.6. The van der Waals surface area contributed by atoms with Crippen LogP contribution >= 0.6 is 27.7 Å². The molecule has 0 atom stereocenters. The molecule has 0 aromatic heterocycles. The Morgan fingerprint density at radius 3 is 1.84 bits per heavy atom. The molecule has 0 saturated carbocycles. The molecule has 4 amide bonds. The lowest BCUT2D eigenvalue weighted by Gasteiger charge is -2.37. The van der Waals surface area contributed by atoms with Crippen LogP contribution in [-0.2, 0) is 25.1 Å². The SMILES string of the molecule is CC(C)(C)OC(=O)NCCN(CCCN(C(=O)OC(C)(C)C)c1cc(C(F)(F)F)cc2c1N(C(=O)OC(C)(C)C)c1ccc(Br)cc1S2)C(=O)OC(C)(C)C. The Morgan fingerprint density at radius 2 is 1.29 bits per heavy atom. The normalized spacial score (nSPS) is 13.3. The number of carbonyl (C=O) groups excluding carboxylic acids is 4. The summed E-state index contributed by atoms with van der Waals surface area (Å²) in [5, 5.41) is 2.60. The summed E-state index contributed by atoms with van der Waals surface area (Å²) in [4.78, 5) is 57.7. The predicted molar refractivity (Wildman–Crippen MR) is 208 cm³/mol. The number of rotatable bonds is 8. The Balaban J connectivity index is 2.15. The summed E-state index contributed by atoms with van der Waals surface area (Å²) in [6.07, 6.45) is -8.10. The van der Waals surface area contributed by atoms with Crippen LogP contribution in [0.1, 0.15) is 95.1 Å². The molecule has 1 aliphatic heterocycles. The first-order valence-electron chi connectivity index (χ1n) is 17.7. The lowest BCUT2D eigenvalue weighted by Crippen LogP contribution is -2.44. The molecule has 0 spiro atoms. The largest absolute Gasteiger partial charge is 0.444 e. The number of halogens is 4. The van der Waals surface area contributed by atoms with E-state index in [9.17, 15) is 32.3 Å². The van der Waals surface area contributed by atoms with Gasteiger partial charge >= 0.3 is 30.5 Å².